The summed E-state index contributed by atoms with van der Waals surface area (Å²) in [5, 5.41) is 4.32. The Kier molecular flexibility index (Phi) is 5.27. The minimum Gasteiger partial charge on any atom is -0.496 e. The van der Waals surface area contributed by atoms with Gasteiger partial charge in [-0.2, -0.15) is 0 Å². The first-order chi connectivity index (χ1) is 10.1. The summed E-state index contributed by atoms with van der Waals surface area (Å²) in [5.41, 5.74) is 4.58. The number of benzene rings is 2. The van der Waals surface area contributed by atoms with Gasteiger partial charge >= 0.3 is 0 Å². The van der Waals surface area contributed by atoms with Crippen LogP contribution in [0.25, 0.3) is 0 Å². The molecule has 0 saturated heterocycles. The molecule has 0 aromatic heterocycles. The van der Waals surface area contributed by atoms with Crippen molar-refractivity contribution in [1.29, 1.82) is 0 Å². The van der Waals surface area contributed by atoms with Crippen molar-refractivity contribution in [3.05, 3.63) is 63.7 Å². The first-order valence-corrected chi connectivity index (χ1v) is 7.58. The third-order valence-corrected chi connectivity index (χ3v) is 4.11. The van der Waals surface area contributed by atoms with E-state index in [4.69, 9.17) is 16.3 Å². The molecule has 2 aromatic rings. The Morgan fingerprint density at radius 2 is 1.67 bits per heavy atom. The van der Waals surface area contributed by atoms with Crippen LogP contribution in [0.5, 0.6) is 5.75 Å². The molecule has 3 heteroatoms. The minimum absolute atomic E-state index is 0.114. The summed E-state index contributed by atoms with van der Waals surface area (Å²) in [4.78, 5) is 0. The first kappa shape index (κ1) is 15.9. The van der Waals surface area contributed by atoms with Crippen molar-refractivity contribution in [3.8, 4) is 5.75 Å². The van der Waals surface area contributed by atoms with E-state index >= 15 is 0 Å². The molecule has 2 nitrogen and oxygen atoms in total. The van der Waals surface area contributed by atoms with E-state index in [1.165, 1.54) is 11.1 Å². The molecule has 0 saturated carbocycles. The molecule has 0 aliphatic carbocycles. The highest BCUT2D eigenvalue weighted by molar-refractivity contribution is 6.31. The molecule has 2 rings (SSSR count). The van der Waals surface area contributed by atoms with Crippen molar-refractivity contribution in [3.63, 3.8) is 0 Å². The Bertz CT molecular complexity index is 625. The van der Waals surface area contributed by atoms with E-state index in [1.54, 1.807) is 7.11 Å². The Labute approximate surface area is 132 Å². The lowest BCUT2D eigenvalue weighted by molar-refractivity contribution is 0.410. The molecular weight excluding hydrogens is 282 g/mol. The molecule has 2 aromatic carbocycles. The molecule has 0 amide bonds. The van der Waals surface area contributed by atoms with E-state index in [9.17, 15) is 0 Å². The van der Waals surface area contributed by atoms with Gasteiger partial charge in [0.1, 0.15) is 5.75 Å². The van der Waals surface area contributed by atoms with Crippen molar-refractivity contribution < 1.29 is 4.74 Å². The molecule has 1 unspecified atom stereocenters. The van der Waals surface area contributed by atoms with Crippen LogP contribution >= 0.6 is 11.6 Å². The Morgan fingerprint density at radius 3 is 2.24 bits per heavy atom. The molecule has 0 fully saturated rings. The van der Waals surface area contributed by atoms with Gasteiger partial charge in [-0.3, -0.25) is 0 Å². The third-order valence-electron chi connectivity index (χ3n) is 3.70. The van der Waals surface area contributed by atoms with E-state index in [1.807, 2.05) is 19.9 Å². The van der Waals surface area contributed by atoms with Crippen LogP contribution in [0.1, 0.15) is 35.2 Å². The highest BCUT2D eigenvalue weighted by Gasteiger charge is 2.15. The number of hydrogen-bond donors (Lipinski definition) is 1. The van der Waals surface area contributed by atoms with Gasteiger partial charge in [0.05, 0.1) is 13.2 Å². The molecule has 112 valence electrons. The van der Waals surface area contributed by atoms with E-state index in [0.29, 0.717) is 0 Å². The quantitative estimate of drug-likeness (QED) is 0.867. The Hall–Kier alpha value is -1.51. The zero-order valence-corrected chi connectivity index (χ0v) is 13.8. The lowest BCUT2D eigenvalue weighted by Gasteiger charge is -2.21. The average Bonchev–Trinajstić information content (AvgIpc) is 2.48. The third kappa shape index (κ3) is 3.58. The van der Waals surface area contributed by atoms with Crippen LogP contribution in [-0.4, -0.2) is 13.7 Å². The topological polar surface area (TPSA) is 21.3 Å². The normalized spacial score (nSPS) is 12.2. The molecule has 1 N–H and O–H groups in total. The SMILES string of the molecule is CCNC(c1ccc(C)c(Cl)c1)c1ccc(C)c(OC)c1. The molecule has 0 radical (unpaired) electrons. The second-order valence-corrected chi connectivity index (χ2v) is 5.64. The number of hydrogen-bond acceptors (Lipinski definition) is 2. The lowest BCUT2D eigenvalue weighted by atomic mass is 9.96. The molecule has 0 bridgehead atoms. The smallest absolute Gasteiger partial charge is 0.122 e. The first-order valence-electron chi connectivity index (χ1n) is 7.20. The summed E-state index contributed by atoms with van der Waals surface area (Å²) in [5.74, 6) is 0.911. The van der Waals surface area contributed by atoms with E-state index in [2.05, 4.69) is 42.6 Å². The summed E-state index contributed by atoms with van der Waals surface area (Å²) in [6.07, 6.45) is 0. The fraction of sp³-hybridized carbons (Fsp3) is 0.333. The van der Waals surface area contributed by atoms with E-state index in [-0.39, 0.29) is 6.04 Å². The monoisotopic (exact) mass is 303 g/mol. The maximum absolute atomic E-state index is 6.28. The van der Waals surface area contributed by atoms with Crippen molar-refractivity contribution >= 4 is 11.6 Å². The van der Waals surface area contributed by atoms with Crippen molar-refractivity contribution in [2.45, 2.75) is 26.8 Å². The van der Waals surface area contributed by atoms with Crippen molar-refractivity contribution in [2.75, 3.05) is 13.7 Å². The molecule has 0 aliphatic heterocycles. The fourth-order valence-electron chi connectivity index (χ4n) is 2.44. The Morgan fingerprint density at radius 1 is 1.05 bits per heavy atom. The maximum Gasteiger partial charge on any atom is 0.122 e. The van der Waals surface area contributed by atoms with Gasteiger partial charge in [0.25, 0.3) is 0 Å². The zero-order valence-electron chi connectivity index (χ0n) is 13.0. The van der Waals surface area contributed by atoms with Gasteiger partial charge in [-0.1, -0.05) is 42.8 Å². The van der Waals surface area contributed by atoms with Crippen molar-refractivity contribution in [2.24, 2.45) is 0 Å². The number of nitrogens with one attached hydrogen (secondary N) is 1. The predicted molar refractivity (Wildman–Crippen MR) is 89.4 cm³/mol. The van der Waals surface area contributed by atoms with Crippen LogP contribution in [0.15, 0.2) is 36.4 Å². The van der Waals surface area contributed by atoms with Gasteiger partial charge < -0.3 is 10.1 Å². The second-order valence-electron chi connectivity index (χ2n) is 5.23. The number of methoxy groups -OCH3 is 1. The summed E-state index contributed by atoms with van der Waals surface area (Å²) >= 11 is 6.28. The predicted octanol–water partition coefficient (Wildman–Crippen LogP) is 4.66. The Balaban J connectivity index is 2.44. The fourth-order valence-corrected chi connectivity index (χ4v) is 2.63. The number of aryl methyl sites for hydroxylation is 2. The van der Waals surface area contributed by atoms with Crippen LogP contribution in [0.2, 0.25) is 5.02 Å². The van der Waals surface area contributed by atoms with Crippen LogP contribution in [-0.2, 0) is 0 Å². The molecular formula is C18H22ClNO. The lowest BCUT2D eigenvalue weighted by Crippen LogP contribution is -2.22. The highest BCUT2D eigenvalue weighted by Crippen LogP contribution is 2.29. The van der Waals surface area contributed by atoms with Gasteiger partial charge in [0, 0.05) is 5.02 Å². The minimum atomic E-state index is 0.114. The van der Waals surface area contributed by atoms with Crippen LogP contribution in [0, 0.1) is 13.8 Å². The summed E-state index contributed by atoms with van der Waals surface area (Å²) in [6, 6.07) is 12.7. The number of ether oxygens (including phenoxy) is 1. The van der Waals surface area contributed by atoms with Gasteiger partial charge in [-0.25, -0.2) is 0 Å². The summed E-state index contributed by atoms with van der Waals surface area (Å²) in [7, 11) is 1.71. The summed E-state index contributed by atoms with van der Waals surface area (Å²) in [6.45, 7) is 7.05. The molecule has 0 aliphatic rings. The molecule has 0 heterocycles. The number of halogens is 1. The van der Waals surface area contributed by atoms with Crippen LogP contribution in [0.3, 0.4) is 0 Å². The number of rotatable bonds is 5. The largest absolute Gasteiger partial charge is 0.496 e. The van der Waals surface area contributed by atoms with E-state index < -0.39 is 0 Å². The van der Waals surface area contributed by atoms with Crippen LogP contribution < -0.4 is 10.1 Å². The average molecular weight is 304 g/mol. The maximum atomic E-state index is 6.28. The molecule has 0 spiro atoms. The summed E-state index contributed by atoms with van der Waals surface area (Å²) < 4.78 is 5.44. The second kappa shape index (κ2) is 6.97. The standard InChI is InChI=1S/C18H22ClNO/c1-5-20-18(14-8-6-12(2)16(19)10-14)15-9-7-13(3)17(11-15)21-4/h6-11,18,20H,5H2,1-4H3. The highest BCUT2D eigenvalue weighted by atomic mass is 35.5. The van der Waals surface area contributed by atoms with Gasteiger partial charge in [-0.15, -0.1) is 0 Å². The van der Waals surface area contributed by atoms with Gasteiger partial charge in [0.2, 0.25) is 0 Å². The molecule has 21 heavy (non-hydrogen) atoms. The molecule has 1 atom stereocenters. The van der Waals surface area contributed by atoms with Crippen molar-refractivity contribution in [1.82, 2.24) is 5.32 Å². The van der Waals surface area contributed by atoms with Crippen LogP contribution in [0.4, 0.5) is 0 Å². The van der Waals surface area contributed by atoms with Gasteiger partial charge in [0.15, 0.2) is 0 Å². The van der Waals surface area contributed by atoms with Gasteiger partial charge in [-0.05, 0) is 54.8 Å². The van der Waals surface area contributed by atoms with E-state index in [0.717, 1.165) is 28.4 Å². The zero-order chi connectivity index (χ0) is 15.4.